The first-order valence-electron chi connectivity index (χ1n) is 6.84. The zero-order chi connectivity index (χ0) is 16.2. The van der Waals surface area contributed by atoms with Crippen molar-refractivity contribution in [1.82, 2.24) is 5.32 Å². The number of rotatable bonds is 3. The van der Waals surface area contributed by atoms with Gasteiger partial charge in [-0.15, -0.1) is 0 Å². The summed E-state index contributed by atoms with van der Waals surface area (Å²) in [6.07, 6.45) is 1.76. The van der Waals surface area contributed by atoms with Gasteiger partial charge in [-0.3, -0.25) is 4.79 Å². The van der Waals surface area contributed by atoms with Crippen LogP contribution in [0.3, 0.4) is 0 Å². The summed E-state index contributed by atoms with van der Waals surface area (Å²) in [5, 5.41) is 3.16. The van der Waals surface area contributed by atoms with Gasteiger partial charge in [-0.2, -0.15) is 0 Å². The zero-order valence-corrected chi connectivity index (χ0v) is 13.1. The minimum atomic E-state index is -0.325. The van der Waals surface area contributed by atoms with Crippen LogP contribution in [-0.2, 0) is 4.79 Å². The van der Waals surface area contributed by atoms with Crippen molar-refractivity contribution in [3.63, 3.8) is 0 Å². The number of methoxy groups -OCH3 is 1. The number of benzene rings is 2. The summed E-state index contributed by atoms with van der Waals surface area (Å²) in [6.45, 7) is 0. The molecule has 1 aliphatic heterocycles. The lowest BCUT2D eigenvalue weighted by atomic mass is 10.2. The Balaban J connectivity index is 1.85. The maximum absolute atomic E-state index is 12.9. The SMILES string of the molecule is COc1ccccc1C=C1SC(=Nc2ccc(F)cc2)NC1=O. The molecular formula is C17H13FN2O2S. The molecule has 0 radical (unpaired) electrons. The number of thioether (sulfide) groups is 1. The number of amides is 1. The second-order valence-electron chi connectivity index (χ2n) is 4.70. The van der Waals surface area contributed by atoms with Gasteiger partial charge in [-0.1, -0.05) is 18.2 Å². The van der Waals surface area contributed by atoms with Crippen molar-refractivity contribution in [2.45, 2.75) is 0 Å². The van der Waals surface area contributed by atoms with E-state index in [9.17, 15) is 9.18 Å². The zero-order valence-electron chi connectivity index (χ0n) is 12.2. The molecule has 2 aromatic carbocycles. The highest BCUT2D eigenvalue weighted by Crippen LogP contribution is 2.30. The van der Waals surface area contributed by atoms with Gasteiger partial charge in [0.15, 0.2) is 5.17 Å². The number of carbonyl (C=O) groups is 1. The van der Waals surface area contributed by atoms with Crippen LogP contribution < -0.4 is 10.1 Å². The Kier molecular flexibility index (Phi) is 4.43. The van der Waals surface area contributed by atoms with Crippen molar-refractivity contribution < 1.29 is 13.9 Å². The fourth-order valence-corrected chi connectivity index (χ4v) is 2.87. The monoisotopic (exact) mass is 328 g/mol. The smallest absolute Gasteiger partial charge is 0.264 e. The molecule has 0 spiro atoms. The predicted molar refractivity (Wildman–Crippen MR) is 90.2 cm³/mol. The number of aliphatic imine (C=N–C) groups is 1. The van der Waals surface area contributed by atoms with Crippen LogP contribution in [0, 0.1) is 5.82 Å². The average Bonchev–Trinajstić information content (AvgIpc) is 2.90. The predicted octanol–water partition coefficient (Wildman–Crippen LogP) is 3.73. The summed E-state index contributed by atoms with van der Waals surface area (Å²) in [4.78, 5) is 16.9. The molecule has 0 saturated carbocycles. The molecule has 0 atom stereocenters. The van der Waals surface area contributed by atoms with Crippen molar-refractivity contribution in [2.24, 2.45) is 4.99 Å². The molecule has 6 heteroatoms. The van der Waals surface area contributed by atoms with Crippen LogP contribution in [0.15, 0.2) is 58.4 Å². The maximum atomic E-state index is 12.9. The highest BCUT2D eigenvalue weighted by molar-refractivity contribution is 8.18. The van der Waals surface area contributed by atoms with E-state index >= 15 is 0 Å². The van der Waals surface area contributed by atoms with Crippen molar-refractivity contribution >= 4 is 34.6 Å². The summed E-state index contributed by atoms with van der Waals surface area (Å²) in [7, 11) is 1.58. The number of ether oxygens (including phenoxy) is 1. The number of hydrogen-bond acceptors (Lipinski definition) is 4. The largest absolute Gasteiger partial charge is 0.496 e. The van der Waals surface area contributed by atoms with Crippen molar-refractivity contribution in [2.75, 3.05) is 7.11 Å². The molecule has 4 nitrogen and oxygen atoms in total. The Hall–Kier alpha value is -2.60. The standard InChI is InChI=1S/C17H13FN2O2S/c1-22-14-5-3-2-4-11(14)10-15-16(21)20-17(23-15)19-13-8-6-12(18)7-9-13/h2-10H,1H3,(H,19,20,21). The summed E-state index contributed by atoms with van der Waals surface area (Å²) in [6, 6.07) is 13.2. The molecule has 0 unspecified atom stereocenters. The van der Waals surface area contributed by atoms with Crippen LogP contribution in [-0.4, -0.2) is 18.2 Å². The molecule has 23 heavy (non-hydrogen) atoms. The van der Waals surface area contributed by atoms with Crippen LogP contribution >= 0.6 is 11.8 Å². The van der Waals surface area contributed by atoms with E-state index in [4.69, 9.17) is 4.74 Å². The molecule has 0 aromatic heterocycles. The van der Waals surface area contributed by atoms with E-state index in [0.717, 1.165) is 5.56 Å². The highest BCUT2D eigenvalue weighted by atomic mass is 32.2. The number of nitrogens with one attached hydrogen (secondary N) is 1. The minimum absolute atomic E-state index is 0.221. The average molecular weight is 328 g/mol. The Bertz CT molecular complexity index is 800. The lowest BCUT2D eigenvalue weighted by molar-refractivity contribution is -0.115. The Morgan fingerprint density at radius 3 is 2.65 bits per heavy atom. The van der Waals surface area contributed by atoms with E-state index in [0.29, 0.717) is 21.5 Å². The van der Waals surface area contributed by atoms with E-state index in [1.807, 2.05) is 24.3 Å². The second-order valence-corrected chi connectivity index (χ2v) is 5.73. The molecule has 1 aliphatic rings. The van der Waals surface area contributed by atoms with Gasteiger partial charge in [0.05, 0.1) is 17.7 Å². The number of para-hydroxylation sites is 1. The molecular weight excluding hydrogens is 315 g/mol. The lowest BCUT2D eigenvalue weighted by Crippen LogP contribution is -2.19. The van der Waals surface area contributed by atoms with Crippen molar-refractivity contribution in [3.8, 4) is 5.75 Å². The van der Waals surface area contributed by atoms with E-state index in [2.05, 4.69) is 10.3 Å². The highest BCUT2D eigenvalue weighted by Gasteiger charge is 2.24. The molecule has 1 saturated heterocycles. The van der Waals surface area contributed by atoms with Crippen LogP contribution in [0.25, 0.3) is 6.08 Å². The van der Waals surface area contributed by atoms with E-state index < -0.39 is 0 Å². The third-order valence-corrected chi connectivity index (χ3v) is 4.04. The third kappa shape index (κ3) is 3.60. The number of hydrogen-bond donors (Lipinski definition) is 1. The van der Waals surface area contributed by atoms with Gasteiger partial charge in [0.25, 0.3) is 5.91 Å². The van der Waals surface area contributed by atoms with Crippen LogP contribution in [0.1, 0.15) is 5.56 Å². The van der Waals surface area contributed by atoms with E-state index in [-0.39, 0.29) is 11.7 Å². The van der Waals surface area contributed by atoms with Crippen LogP contribution in [0.4, 0.5) is 10.1 Å². The van der Waals surface area contributed by atoms with Gasteiger partial charge in [0.2, 0.25) is 0 Å². The second kappa shape index (κ2) is 6.66. The number of amidine groups is 1. The summed E-state index contributed by atoms with van der Waals surface area (Å²) in [5.74, 6) is 0.146. The number of carbonyl (C=O) groups excluding carboxylic acids is 1. The van der Waals surface area contributed by atoms with Crippen molar-refractivity contribution in [1.29, 1.82) is 0 Å². The number of halogens is 1. The van der Waals surface area contributed by atoms with Crippen LogP contribution in [0.5, 0.6) is 5.75 Å². The summed E-state index contributed by atoms with van der Waals surface area (Å²) >= 11 is 1.23. The molecule has 2 aromatic rings. The maximum Gasteiger partial charge on any atom is 0.264 e. The Morgan fingerprint density at radius 2 is 1.91 bits per heavy atom. The van der Waals surface area contributed by atoms with Crippen LogP contribution in [0.2, 0.25) is 0 Å². The van der Waals surface area contributed by atoms with Gasteiger partial charge < -0.3 is 10.1 Å². The fraction of sp³-hybridized carbons (Fsp3) is 0.0588. The molecule has 0 aliphatic carbocycles. The topological polar surface area (TPSA) is 50.7 Å². The molecule has 3 rings (SSSR count). The van der Waals surface area contributed by atoms with Gasteiger partial charge in [-0.05, 0) is 48.2 Å². The first kappa shape index (κ1) is 15.3. The van der Waals surface area contributed by atoms with Gasteiger partial charge in [0.1, 0.15) is 11.6 Å². The normalized spacial score (nSPS) is 17.6. The summed E-state index contributed by atoms with van der Waals surface area (Å²) in [5.41, 5.74) is 1.39. The van der Waals surface area contributed by atoms with E-state index in [1.165, 1.54) is 23.9 Å². The molecule has 1 N–H and O–H groups in total. The Labute approximate surface area is 137 Å². The minimum Gasteiger partial charge on any atom is -0.496 e. The molecule has 0 bridgehead atoms. The van der Waals surface area contributed by atoms with Gasteiger partial charge in [0, 0.05) is 5.56 Å². The van der Waals surface area contributed by atoms with E-state index in [1.54, 1.807) is 25.3 Å². The molecule has 116 valence electrons. The first-order valence-corrected chi connectivity index (χ1v) is 7.65. The number of nitrogens with zero attached hydrogens (tertiary/aromatic N) is 1. The van der Waals surface area contributed by atoms with Crippen molar-refractivity contribution in [3.05, 3.63) is 64.8 Å². The molecule has 1 amide bonds. The van der Waals surface area contributed by atoms with Gasteiger partial charge >= 0.3 is 0 Å². The molecule has 1 fully saturated rings. The molecule has 1 heterocycles. The first-order chi connectivity index (χ1) is 11.2. The lowest BCUT2D eigenvalue weighted by Gasteiger charge is -2.03. The fourth-order valence-electron chi connectivity index (χ4n) is 2.04. The Morgan fingerprint density at radius 1 is 1.17 bits per heavy atom. The van der Waals surface area contributed by atoms with Gasteiger partial charge in [-0.25, -0.2) is 9.38 Å². The third-order valence-electron chi connectivity index (χ3n) is 3.13. The quantitative estimate of drug-likeness (QED) is 0.874. The summed E-state index contributed by atoms with van der Waals surface area (Å²) < 4.78 is 18.2.